The molecule has 0 N–H and O–H groups in total. The molecule has 3 rings (SSSR count). The summed E-state index contributed by atoms with van der Waals surface area (Å²) in [7, 11) is 0.303. The van der Waals surface area contributed by atoms with Gasteiger partial charge in [0.25, 0.3) is 0 Å². The highest BCUT2D eigenvalue weighted by molar-refractivity contribution is 8.15. The lowest BCUT2D eigenvalue weighted by Gasteiger charge is -2.05. The largest absolute Gasteiger partial charge is 0.184 e. The normalized spacial score (nSPS) is 12.8. The molecule has 1 aliphatic rings. The number of rotatable bonds is 0. The Morgan fingerprint density at radius 3 is 1.38 bits per heavy atom. The molecule has 1 aliphatic carbocycles. The lowest BCUT2D eigenvalue weighted by atomic mass is 10.1. The van der Waals surface area contributed by atoms with Crippen LogP contribution in [0.1, 0.15) is 11.1 Å². The predicted molar refractivity (Wildman–Crippen MR) is 74.5 cm³/mol. The molecule has 80 valence electrons. The Balaban J connectivity index is 2.44. The van der Waals surface area contributed by atoms with E-state index in [1.54, 1.807) is 0 Å². The molecule has 0 bridgehead atoms. The van der Waals surface area contributed by atoms with Crippen molar-refractivity contribution in [3.63, 3.8) is 0 Å². The molecule has 0 nitrogen and oxygen atoms in total. The number of benzene rings is 2. The van der Waals surface area contributed by atoms with Crippen molar-refractivity contribution < 1.29 is 0 Å². The van der Waals surface area contributed by atoms with Crippen molar-refractivity contribution in [1.82, 2.24) is 0 Å². The van der Waals surface area contributed by atoms with Gasteiger partial charge in [0.1, 0.15) is 0 Å². The van der Waals surface area contributed by atoms with E-state index in [0.29, 0.717) is 10.5 Å². The van der Waals surface area contributed by atoms with Crippen molar-refractivity contribution >= 4 is 15.3 Å². The average Bonchev–Trinajstić information content (AvgIpc) is 2.63. The van der Waals surface area contributed by atoms with Gasteiger partial charge in [0.15, 0.2) is 0 Å². The van der Waals surface area contributed by atoms with Crippen LogP contribution in [0.5, 0.6) is 0 Å². The third kappa shape index (κ3) is 1.28. The quantitative estimate of drug-likeness (QED) is 0.512. The summed E-state index contributed by atoms with van der Waals surface area (Å²) >= 11 is 0. The Labute approximate surface area is 98.9 Å². The standard InChI is InChI=1S/C15H14S/c1-16(2)15-13-9-5-3-7-11(13)12-8-4-6-10-14(12)15/h3-10H,1-2H3. The van der Waals surface area contributed by atoms with E-state index in [2.05, 4.69) is 61.0 Å². The molecule has 2 aromatic carbocycles. The third-order valence-corrected chi connectivity index (χ3v) is 4.30. The summed E-state index contributed by atoms with van der Waals surface area (Å²) in [6, 6.07) is 17.5. The Kier molecular flexibility index (Phi) is 2.22. The van der Waals surface area contributed by atoms with E-state index >= 15 is 0 Å². The van der Waals surface area contributed by atoms with Gasteiger partial charge in [0.05, 0.1) is 0 Å². The zero-order valence-electron chi connectivity index (χ0n) is 9.53. The molecule has 0 unspecified atom stereocenters. The average molecular weight is 226 g/mol. The Morgan fingerprint density at radius 1 is 0.625 bits per heavy atom. The molecule has 0 saturated carbocycles. The molecular formula is C15H14S. The van der Waals surface area contributed by atoms with E-state index in [4.69, 9.17) is 0 Å². The van der Waals surface area contributed by atoms with Crippen LogP contribution < -0.4 is 0 Å². The lowest BCUT2D eigenvalue weighted by Crippen LogP contribution is -1.97. The zero-order valence-corrected chi connectivity index (χ0v) is 10.3. The van der Waals surface area contributed by atoms with Crippen LogP contribution in [-0.2, 0) is 0 Å². The summed E-state index contributed by atoms with van der Waals surface area (Å²) in [5.74, 6) is 0. The first-order valence-electron chi connectivity index (χ1n) is 5.43. The first-order chi connectivity index (χ1) is 7.79. The van der Waals surface area contributed by atoms with E-state index in [0.717, 1.165) is 0 Å². The van der Waals surface area contributed by atoms with E-state index < -0.39 is 0 Å². The number of fused-ring (bicyclic) bond motifs is 3. The van der Waals surface area contributed by atoms with Gasteiger partial charge in [0, 0.05) is 4.86 Å². The van der Waals surface area contributed by atoms with Crippen LogP contribution in [0.4, 0.5) is 0 Å². The molecule has 0 heterocycles. The summed E-state index contributed by atoms with van der Waals surface area (Å²) in [5, 5.41) is 0. The second kappa shape index (κ2) is 3.60. The maximum atomic E-state index is 2.30. The minimum Gasteiger partial charge on any atom is -0.184 e. The SMILES string of the molecule is CS(C)=C1c2ccccc2-c2ccccc21. The summed E-state index contributed by atoms with van der Waals surface area (Å²) in [6.45, 7) is 0. The molecule has 0 spiro atoms. The van der Waals surface area contributed by atoms with Crippen LogP contribution in [0.15, 0.2) is 48.5 Å². The van der Waals surface area contributed by atoms with Gasteiger partial charge in [-0.3, -0.25) is 0 Å². The topological polar surface area (TPSA) is 0 Å². The summed E-state index contributed by atoms with van der Waals surface area (Å²) in [6.07, 6.45) is 4.60. The van der Waals surface area contributed by atoms with Crippen molar-refractivity contribution in [2.75, 3.05) is 12.5 Å². The molecule has 0 aromatic heterocycles. The Morgan fingerprint density at radius 2 is 1.00 bits per heavy atom. The summed E-state index contributed by atoms with van der Waals surface area (Å²) in [4.78, 5) is 1.52. The molecule has 0 radical (unpaired) electrons. The molecule has 0 amide bonds. The fourth-order valence-corrected chi connectivity index (χ4v) is 3.65. The highest BCUT2D eigenvalue weighted by Gasteiger charge is 2.22. The van der Waals surface area contributed by atoms with Crippen molar-refractivity contribution in [2.45, 2.75) is 0 Å². The van der Waals surface area contributed by atoms with Gasteiger partial charge in [-0.05, 0) is 34.8 Å². The fraction of sp³-hybridized carbons (Fsp3) is 0.133. The van der Waals surface area contributed by atoms with Crippen LogP contribution in [0.2, 0.25) is 0 Å². The van der Waals surface area contributed by atoms with Crippen LogP contribution >= 0.6 is 10.5 Å². The molecule has 0 saturated heterocycles. The van der Waals surface area contributed by atoms with Crippen LogP contribution in [0, 0.1) is 0 Å². The Hall–Kier alpha value is -1.34. The van der Waals surface area contributed by atoms with Gasteiger partial charge in [-0.2, -0.15) is 10.5 Å². The maximum Gasteiger partial charge on any atom is 0.0131 e. The number of hydrogen-bond donors (Lipinski definition) is 0. The predicted octanol–water partition coefficient (Wildman–Crippen LogP) is 3.76. The molecule has 0 fully saturated rings. The van der Waals surface area contributed by atoms with E-state index in [1.807, 2.05) is 0 Å². The molecule has 2 aromatic rings. The smallest absolute Gasteiger partial charge is 0.0131 e. The fourth-order valence-electron chi connectivity index (χ4n) is 2.42. The van der Waals surface area contributed by atoms with E-state index in [9.17, 15) is 0 Å². The van der Waals surface area contributed by atoms with Gasteiger partial charge >= 0.3 is 0 Å². The first kappa shape index (κ1) is 9.86. The monoisotopic (exact) mass is 226 g/mol. The Bertz CT molecular complexity index is 542. The minimum absolute atomic E-state index is 0.303. The third-order valence-electron chi connectivity index (χ3n) is 3.04. The lowest BCUT2D eigenvalue weighted by molar-refractivity contribution is 1.65. The molecular weight excluding hydrogens is 212 g/mol. The van der Waals surface area contributed by atoms with Gasteiger partial charge in [-0.1, -0.05) is 48.5 Å². The van der Waals surface area contributed by atoms with Gasteiger partial charge in [0.2, 0.25) is 0 Å². The summed E-state index contributed by atoms with van der Waals surface area (Å²) < 4.78 is 0. The second-order valence-corrected chi connectivity index (χ2v) is 6.28. The maximum absolute atomic E-state index is 2.30. The van der Waals surface area contributed by atoms with Gasteiger partial charge in [-0.25, -0.2) is 0 Å². The van der Waals surface area contributed by atoms with Crippen molar-refractivity contribution in [3.05, 3.63) is 59.7 Å². The summed E-state index contributed by atoms with van der Waals surface area (Å²) in [5.41, 5.74) is 5.65. The van der Waals surface area contributed by atoms with Crippen molar-refractivity contribution in [2.24, 2.45) is 0 Å². The van der Waals surface area contributed by atoms with E-state index in [1.165, 1.54) is 27.1 Å². The second-order valence-electron chi connectivity index (χ2n) is 4.24. The van der Waals surface area contributed by atoms with Gasteiger partial charge in [-0.15, -0.1) is 0 Å². The molecule has 16 heavy (non-hydrogen) atoms. The highest BCUT2D eigenvalue weighted by Crippen LogP contribution is 2.39. The zero-order chi connectivity index (χ0) is 11.1. The van der Waals surface area contributed by atoms with Crippen LogP contribution in [-0.4, -0.2) is 17.4 Å². The number of hydrogen-bond acceptors (Lipinski definition) is 0. The van der Waals surface area contributed by atoms with Crippen LogP contribution in [0.3, 0.4) is 0 Å². The van der Waals surface area contributed by atoms with Crippen molar-refractivity contribution in [3.8, 4) is 11.1 Å². The minimum atomic E-state index is 0.303. The van der Waals surface area contributed by atoms with Gasteiger partial charge < -0.3 is 0 Å². The van der Waals surface area contributed by atoms with Crippen LogP contribution in [0.25, 0.3) is 11.1 Å². The molecule has 0 atom stereocenters. The van der Waals surface area contributed by atoms with E-state index in [-0.39, 0.29) is 0 Å². The van der Waals surface area contributed by atoms with Crippen molar-refractivity contribution in [1.29, 1.82) is 0 Å². The molecule has 0 aliphatic heterocycles. The highest BCUT2D eigenvalue weighted by atomic mass is 32.2. The first-order valence-corrected chi connectivity index (χ1v) is 7.47. The molecule has 1 heteroatoms.